The Balaban J connectivity index is 1.96. The topological polar surface area (TPSA) is 68.0 Å². The average molecular weight is 412 g/mol. The van der Waals surface area contributed by atoms with E-state index in [0.29, 0.717) is 16.7 Å². The maximum Gasteiger partial charge on any atom is 0.198 e. The van der Waals surface area contributed by atoms with Gasteiger partial charge in [0.25, 0.3) is 0 Å². The number of hydrogen-bond acceptors (Lipinski definition) is 4. The molecule has 2 aromatic heterocycles. The van der Waals surface area contributed by atoms with Crippen LogP contribution in [0, 0.1) is 6.92 Å². The maximum atomic E-state index is 13.1. The van der Waals surface area contributed by atoms with Crippen LogP contribution in [0.2, 0.25) is 0 Å². The number of benzene rings is 2. The minimum absolute atomic E-state index is 0.115. The van der Waals surface area contributed by atoms with Crippen LogP contribution in [0.3, 0.4) is 0 Å². The second kappa shape index (κ2) is 7.26. The summed E-state index contributed by atoms with van der Waals surface area (Å²) in [6.45, 7) is 1.84. The zero-order valence-corrected chi connectivity index (χ0v) is 16.3. The fourth-order valence-electron chi connectivity index (χ4n) is 3.10. The van der Waals surface area contributed by atoms with E-state index in [0.717, 1.165) is 5.69 Å². The van der Waals surface area contributed by atoms with Gasteiger partial charge in [-0.2, -0.15) is 5.10 Å². The first-order valence-electron chi connectivity index (χ1n) is 8.54. The molecule has 140 valence electrons. The molecular formula is C21H15Cl2N3O2. The Morgan fingerprint density at radius 3 is 2.39 bits per heavy atom. The predicted octanol–water partition coefficient (Wildman–Crippen LogP) is 5.14. The monoisotopic (exact) mass is 411 g/mol. The highest BCUT2D eigenvalue weighted by atomic mass is 35.5. The number of fused-ring (bicyclic) bond motifs is 1. The quantitative estimate of drug-likeness (QED) is 0.372. The molecule has 0 bridgehead atoms. The van der Waals surface area contributed by atoms with Crippen molar-refractivity contribution in [2.45, 2.75) is 11.8 Å². The lowest BCUT2D eigenvalue weighted by atomic mass is 10.00. The highest BCUT2D eigenvalue weighted by molar-refractivity contribution is 6.44. The van der Waals surface area contributed by atoms with E-state index in [1.54, 1.807) is 28.9 Å². The normalized spacial score (nSPS) is 11.3. The van der Waals surface area contributed by atoms with Crippen LogP contribution < -0.4 is 0 Å². The SMILES string of the molecule is Cc1nn(-c2ccccc2)c2nc(C(Cl)Cl)c(C(=O)c3ccccc3O)cc12. The van der Waals surface area contributed by atoms with Gasteiger partial charge in [-0.25, -0.2) is 9.67 Å². The van der Waals surface area contributed by atoms with Gasteiger partial charge in [-0.05, 0) is 37.3 Å². The van der Waals surface area contributed by atoms with Crippen LogP contribution in [0.5, 0.6) is 5.75 Å². The number of para-hydroxylation sites is 2. The second-order valence-corrected chi connectivity index (χ2v) is 7.37. The number of nitrogens with zero attached hydrogens (tertiary/aromatic N) is 3. The van der Waals surface area contributed by atoms with Crippen LogP contribution in [-0.4, -0.2) is 25.7 Å². The molecule has 4 rings (SSSR count). The van der Waals surface area contributed by atoms with E-state index in [4.69, 9.17) is 23.2 Å². The van der Waals surface area contributed by atoms with Gasteiger partial charge < -0.3 is 5.11 Å². The van der Waals surface area contributed by atoms with Gasteiger partial charge in [-0.3, -0.25) is 4.79 Å². The van der Waals surface area contributed by atoms with Crippen molar-refractivity contribution in [1.82, 2.24) is 14.8 Å². The van der Waals surface area contributed by atoms with Gasteiger partial charge in [0.05, 0.1) is 22.6 Å². The third-order valence-corrected chi connectivity index (χ3v) is 4.89. The number of carbonyl (C=O) groups excluding carboxylic acids is 1. The molecule has 7 heteroatoms. The van der Waals surface area contributed by atoms with E-state index in [2.05, 4.69) is 10.1 Å². The first-order chi connectivity index (χ1) is 13.5. The smallest absolute Gasteiger partial charge is 0.198 e. The Morgan fingerprint density at radius 1 is 1.04 bits per heavy atom. The van der Waals surface area contributed by atoms with Crippen molar-refractivity contribution in [2.75, 3.05) is 0 Å². The molecule has 2 aromatic carbocycles. The number of hydrogen-bond donors (Lipinski definition) is 1. The summed E-state index contributed by atoms with van der Waals surface area (Å²) < 4.78 is 1.69. The van der Waals surface area contributed by atoms with Crippen molar-refractivity contribution in [1.29, 1.82) is 0 Å². The third kappa shape index (κ3) is 3.13. The van der Waals surface area contributed by atoms with E-state index in [9.17, 15) is 9.90 Å². The van der Waals surface area contributed by atoms with E-state index in [-0.39, 0.29) is 22.6 Å². The molecule has 1 N–H and O–H groups in total. The lowest BCUT2D eigenvalue weighted by molar-refractivity contribution is 0.103. The Hall–Kier alpha value is -2.89. The first-order valence-corrected chi connectivity index (χ1v) is 9.41. The van der Waals surface area contributed by atoms with Gasteiger partial charge in [0.2, 0.25) is 0 Å². The van der Waals surface area contributed by atoms with Crippen LogP contribution in [0.1, 0.15) is 32.1 Å². The van der Waals surface area contributed by atoms with Crippen LogP contribution in [0.15, 0.2) is 60.7 Å². The highest BCUT2D eigenvalue weighted by Gasteiger charge is 2.24. The van der Waals surface area contributed by atoms with Gasteiger partial charge >= 0.3 is 0 Å². The summed E-state index contributed by atoms with van der Waals surface area (Å²) in [6, 6.07) is 17.6. The minimum Gasteiger partial charge on any atom is -0.507 e. The van der Waals surface area contributed by atoms with Crippen molar-refractivity contribution in [3.63, 3.8) is 0 Å². The van der Waals surface area contributed by atoms with Gasteiger partial charge in [0.1, 0.15) is 10.6 Å². The highest BCUT2D eigenvalue weighted by Crippen LogP contribution is 2.33. The molecule has 0 saturated heterocycles. The van der Waals surface area contributed by atoms with Crippen LogP contribution in [0.25, 0.3) is 16.7 Å². The molecule has 0 saturated carbocycles. The summed E-state index contributed by atoms with van der Waals surface area (Å²) in [7, 11) is 0. The molecule has 5 nitrogen and oxygen atoms in total. The number of alkyl halides is 2. The summed E-state index contributed by atoms with van der Waals surface area (Å²) in [5.74, 6) is -0.517. The van der Waals surface area contributed by atoms with Crippen molar-refractivity contribution in [3.05, 3.63) is 83.2 Å². The molecule has 0 spiro atoms. The maximum absolute atomic E-state index is 13.1. The van der Waals surface area contributed by atoms with Crippen molar-refractivity contribution in [3.8, 4) is 11.4 Å². The van der Waals surface area contributed by atoms with Crippen molar-refractivity contribution < 1.29 is 9.90 Å². The fourth-order valence-corrected chi connectivity index (χ4v) is 3.44. The number of pyridine rings is 1. The molecule has 2 heterocycles. The Labute approximate surface area is 171 Å². The number of aromatic nitrogens is 3. The lowest BCUT2D eigenvalue weighted by Gasteiger charge is -2.11. The Morgan fingerprint density at radius 2 is 1.71 bits per heavy atom. The van der Waals surface area contributed by atoms with E-state index >= 15 is 0 Å². The van der Waals surface area contributed by atoms with Gasteiger partial charge in [0, 0.05) is 10.9 Å². The minimum atomic E-state index is -1.02. The van der Waals surface area contributed by atoms with Gasteiger partial charge in [-0.1, -0.05) is 53.5 Å². The number of carbonyl (C=O) groups is 1. The summed E-state index contributed by atoms with van der Waals surface area (Å²) in [4.78, 5) is 16.6. The Bertz CT molecular complexity index is 1190. The van der Waals surface area contributed by atoms with E-state index in [1.165, 1.54) is 6.07 Å². The molecule has 0 aliphatic heterocycles. The third-order valence-electron chi connectivity index (χ3n) is 4.47. The van der Waals surface area contributed by atoms with Gasteiger partial charge in [0.15, 0.2) is 11.4 Å². The molecule has 0 atom stereocenters. The molecular weight excluding hydrogens is 397 g/mol. The number of ketones is 1. The Kier molecular flexibility index (Phi) is 4.79. The van der Waals surface area contributed by atoms with E-state index in [1.807, 2.05) is 37.3 Å². The predicted molar refractivity (Wildman–Crippen MR) is 110 cm³/mol. The number of phenols is 1. The summed E-state index contributed by atoms with van der Waals surface area (Å²) in [5, 5.41) is 15.3. The molecule has 4 aromatic rings. The number of halogens is 2. The number of aryl methyl sites for hydroxylation is 1. The average Bonchev–Trinajstić information content (AvgIpc) is 3.03. The molecule has 0 radical (unpaired) electrons. The number of phenolic OH excluding ortho intramolecular Hbond substituents is 1. The number of rotatable bonds is 4. The summed E-state index contributed by atoms with van der Waals surface area (Å²) in [5.41, 5.74) is 2.72. The van der Waals surface area contributed by atoms with Crippen LogP contribution >= 0.6 is 23.2 Å². The first kappa shape index (κ1) is 18.5. The standard InChI is InChI=1S/C21H15Cl2N3O2/c1-12-15-11-16(19(28)14-9-5-6-10-17(14)27)18(20(22)23)24-21(15)26(25-12)13-7-3-2-4-8-13/h2-11,20,27H,1H3. The van der Waals surface area contributed by atoms with Crippen molar-refractivity contribution >= 4 is 40.0 Å². The zero-order valence-electron chi connectivity index (χ0n) is 14.8. The molecule has 0 amide bonds. The van der Waals surface area contributed by atoms with Crippen molar-refractivity contribution in [2.24, 2.45) is 0 Å². The molecule has 28 heavy (non-hydrogen) atoms. The van der Waals surface area contributed by atoms with E-state index < -0.39 is 10.6 Å². The second-order valence-electron chi connectivity index (χ2n) is 6.27. The van der Waals surface area contributed by atoms with Crippen LogP contribution in [0.4, 0.5) is 0 Å². The largest absolute Gasteiger partial charge is 0.507 e. The zero-order chi connectivity index (χ0) is 19.8. The molecule has 0 aliphatic carbocycles. The molecule has 0 fully saturated rings. The summed E-state index contributed by atoms with van der Waals surface area (Å²) in [6.07, 6.45) is 0. The molecule has 0 aliphatic rings. The van der Waals surface area contributed by atoms with Gasteiger partial charge in [-0.15, -0.1) is 0 Å². The lowest BCUT2D eigenvalue weighted by Crippen LogP contribution is -2.09. The summed E-state index contributed by atoms with van der Waals surface area (Å²) >= 11 is 12.3. The number of aromatic hydroxyl groups is 1. The fraction of sp³-hybridized carbons (Fsp3) is 0.0952. The molecule has 0 unspecified atom stereocenters. The van der Waals surface area contributed by atoms with Crippen LogP contribution in [-0.2, 0) is 0 Å².